The molecule has 0 aromatic heterocycles. The topological polar surface area (TPSA) is 73.6 Å². The molecule has 94 valence electrons. The second-order valence-corrected chi connectivity index (χ2v) is 5.17. The second-order valence-electron chi connectivity index (χ2n) is 5.17. The zero-order valence-electron chi connectivity index (χ0n) is 10.3. The number of carbonyl (C=O) groups is 1. The Morgan fingerprint density at radius 2 is 2.25 bits per heavy atom. The third kappa shape index (κ3) is 4.81. The molecule has 0 saturated carbocycles. The lowest BCUT2D eigenvalue weighted by molar-refractivity contribution is 0.0382. The van der Waals surface area contributed by atoms with Gasteiger partial charge in [0, 0.05) is 19.2 Å². The zero-order valence-corrected chi connectivity index (χ0v) is 10.3. The minimum atomic E-state index is -0.456. The van der Waals surface area contributed by atoms with Crippen LogP contribution in [0, 0.1) is 5.92 Å². The van der Waals surface area contributed by atoms with Crippen molar-refractivity contribution in [3.8, 4) is 0 Å². The third-order valence-corrected chi connectivity index (χ3v) is 2.46. The fraction of sp³-hybridized carbons (Fsp3) is 0.909. The van der Waals surface area contributed by atoms with Gasteiger partial charge in [-0.05, 0) is 33.1 Å². The fourth-order valence-corrected chi connectivity index (χ4v) is 1.59. The van der Waals surface area contributed by atoms with Crippen LogP contribution in [-0.4, -0.2) is 37.5 Å². The first-order valence-electron chi connectivity index (χ1n) is 5.68. The quantitative estimate of drug-likeness (QED) is 0.738. The predicted molar refractivity (Wildman–Crippen MR) is 61.1 cm³/mol. The van der Waals surface area contributed by atoms with Gasteiger partial charge in [0.05, 0.1) is 6.61 Å². The van der Waals surface area contributed by atoms with Crippen LogP contribution in [-0.2, 0) is 9.47 Å². The predicted octanol–water partition coefficient (Wildman–Crippen LogP) is 0.875. The minimum absolute atomic E-state index is 0.00341. The first-order valence-corrected chi connectivity index (χ1v) is 5.68. The number of rotatable bonds is 2. The number of nitrogens with two attached hydrogens (primary N) is 1. The van der Waals surface area contributed by atoms with Gasteiger partial charge >= 0.3 is 6.09 Å². The minimum Gasteiger partial charge on any atom is -0.444 e. The van der Waals surface area contributed by atoms with Crippen LogP contribution in [0.25, 0.3) is 0 Å². The van der Waals surface area contributed by atoms with Gasteiger partial charge in [-0.25, -0.2) is 4.79 Å². The van der Waals surface area contributed by atoms with Crippen LogP contribution in [0.2, 0.25) is 0 Å². The molecule has 5 heteroatoms. The van der Waals surface area contributed by atoms with Crippen molar-refractivity contribution < 1.29 is 14.3 Å². The molecule has 0 aromatic carbocycles. The lowest BCUT2D eigenvalue weighted by atomic mass is 9.96. The molecule has 1 saturated heterocycles. The Bertz CT molecular complexity index is 238. The summed E-state index contributed by atoms with van der Waals surface area (Å²) in [5.41, 5.74) is 5.42. The van der Waals surface area contributed by atoms with Gasteiger partial charge < -0.3 is 20.5 Å². The highest BCUT2D eigenvalue weighted by Gasteiger charge is 2.23. The molecule has 0 bridgehead atoms. The molecule has 0 unspecified atom stereocenters. The average Bonchev–Trinajstić information content (AvgIpc) is 2.14. The molecule has 0 aromatic rings. The van der Waals surface area contributed by atoms with Crippen molar-refractivity contribution in [1.82, 2.24) is 5.32 Å². The van der Waals surface area contributed by atoms with E-state index in [1.54, 1.807) is 0 Å². The highest BCUT2D eigenvalue weighted by molar-refractivity contribution is 5.67. The molecule has 0 aliphatic carbocycles. The van der Waals surface area contributed by atoms with Gasteiger partial charge in [0.2, 0.25) is 0 Å². The highest BCUT2D eigenvalue weighted by Crippen LogP contribution is 2.13. The van der Waals surface area contributed by atoms with E-state index in [1.165, 1.54) is 0 Å². The van der Waals surface area contributed by atoms with Gasteiger partial charge in [-0.15, -0.1) is 0 Å². The summed E-state index contributed by atoms with van der Waals surface area (Å²) in [6, 6.07) is 0.00341. The standard InChI is InChI=1S/C11H22N2O3/c1-11(2,3)16-10(14)13-6-8-4-5-15-7-9(8)12/h8-9H,4-7,12H2,1-3H3,(H,13,14)/t8-,9+/m1/s1. The molecule has 1 heterocycles. The Morgan fingerprint density at radius 3 is 2.81 bits per heavy atom. The number of alkyl carbamates (subject to hydrolysis) is 1. The monoisotopic (exact) mass is 230 g/mol. The first-order chi connectivity index (χ1) is 7.38. The van der Waals surface area contributed by atoms with Crippen molar-refractivity contribution in [2.24, 2.45) is 11.7 Å². The summed E-state index contributed by atoms with van der Waals surface area (Å²) < 4.78 is 10.4. The van der Waals surface area contributed by atoms with Crippen molar-refractivity contribution in [1.29, 1.82) is 0 Å². The number of hydrogen-bond donors (Lipinski definition) is 2. The maximum absolute atomic E-state index is 11.4. The van der Waals surface area contributed by atoms with Crippen molar-refractivity contribution in [2.75, 3.05) is 19.8 Å². The molecule has 1 aliphatic heterocycles. The van der Waals surface area contributed by atoms with E-state index < -0.39 is 5.60 Å². The van der Waals surface area contributed by atoms with Crippen LogP contribution in [0.5, 0.6) is 0 Å². The normalized spacial score (nSPS) is 26.2. The van der Waals surface area contributed by atoms with Gasteiger partial charge in [-0.2, -0.15) is 0 Å². The van der Waals surface area contributed by atoms with E-state index >= 15 is 0 Å². The summed E-state index contributed by atoms with van der Waals surface area (Å²) in [6.07, 6.45) is 0.503. The molecule has 5 nitrogen and oxygen atoms in total. The Balaban J connectivity index is 2.25. The van der Waals surface area contributed by atoms with Crippen molar-refractivity contribution >= 4 is 6.09 Å². The van der Waals surface area contributed by atoms with Crippen LogP contribution in [0.15, 0.2) is 0 Å². The lowest BCUT2D eigenvalue weighted by Gasteiger charge is -2.29. The molecule has 2 atom stereocenters. The Kier molecular flexibility index (Phi) is 4.56. The second kappa shape index (κ2) is 5.50. The number of amides is 1. The molecule has 1 amide bonds. The van der Waals surface area contributed by atoms with Crippen LogP contribution < -0.4 is 11.1 Å². The number of ether oxygens (including phenoxy) is 2. The largest absolute Gasteiger partial charge is 0.444 e. The van der Waals surface area contributed by atoms with E-state index in [0.29, 0.717) is 19.8 Å². The van der Waals surface area contributed by atoms with E-state index in [-0.39, 0.29) is 18.1 Å². The Morgan fingerprint density at radius 1 is 1.56 bits per heavy atom. The molecule has 1 rings (SSSR count). The molecule has 0 radical (unpaired) electrons. The van der Waals surface area contributed by atoms with Crippen LogP contribution in [0.1, 0.15) is 27.2 Å². The van der Waals surface area contributed by atoms with Gasteiger partial charge in [0.15, 0.2) is 0 Å². The van der Waals surface area contributed by atoms with Crippen LogP contribution in [0.4, 0.5) is 4.79 Å². The van der Waals surface area contributed by atoms with Gasteiger partial charge in [-0.1, -0.05) is 0 Å². The van der Waals surface area contributed by atoms with E-state index in [4.69, 9.17) is 15.2 Å². The molecular formula is C11H22N2O3. The number of nitrogens with one attached hydrogen (secondary N) is 1. The summed E-state index contributed by atoms with van der Waals surface area (Å²) in [4.78, 5) is 11.4. The maximum Gasteiger partial charge on any atom is 0.407 e. The van der Waals surface area contributed by atoms with Crippen molar-refractivity contribution in [3.63, 3.8) is 0 Å². The number of hydrogen-bond acceptors (Lipinski definition) is 4. The van der Waals surface area contributed by atoms with Crippen LogP contribution >= 0.6 is 0 Å². The smallest absolute Gasteiger partial charge is 0.407 e. The van der Waals surface area contributed by atoms with E-state index in [1.807, 2.05) is 20.8 Å². The van der Waals surface area contributed by atoms with Crippen molar-refractivity contribution in [3.05, 3.63) is 0 Å². The maximum atomic E-state index is 11.4. The van der Waals surface area contributed by atoms with Crippen LogP contribution in [0.3, 0.4) is 0 Å². The molecule has 0 spiro atoms. The molecule has 3 N–H and O–H groups in total. The molecule has 1 fully saturated rings. The van der Waals surface area contributed by atoms with E-state index in [9.17, 15) is 4.79 Å². The van der Waals surface area contributed by atoms with Gasteiger partial charge in [0.1, 0.15) is 5.60 Å². The Labute approximate surface area is 96.7 Å². The molecular weight excluding hydrogens is 208 g/mol. The van der Waals surface area contributed by atoms with Crippen molar-refractivity contribution in [2.45, 2.75) is 38.8 Å². The third-order valence-electron chi connectivity index (χ3n) is 2.46. The zero-order chi connectivity index (χ0) is 12.2. The fourth-order valence-electron chi connectivity index (χ4n) is 1.59. The first kappa shape index (κ1) is 13.3. The van der Waals surface area contributed by atoms with Gasteiger partial charge in [0.25, 0.3) is 0 Å². The average molecular weight is 230 g/mol. The summed E-state index contributed by atoms with van der Waals surface area (Å²) in [5.74, 6) is 0.279. The molecule has 1 aliphatic rings. The summed E-state index contributed by atoms with van der Waals surface area (Å²) in [6.45, 7) is 7.36. The van der Waals surface area contributed by atoms with E-state index in [0.717, 1.165) is 6.42 Å². The summed E-state index contributed by atoms with van der Waals surface area (Å²) >= 11 is 0. The van der Waals surface area contributed by atoms with E-state index in [2.05, 4.69) is 5.32 Å². The Hall–Kier alpha value is -0.810. The lowest BCUT2D eigenvalue weighted by Crippen LogP contribution is -2.46. The number of carbonyl (C=O) groups excluding carboxylic acids is 1. The SMILES string of the molecule is CC(C)(C)OC(=O)NC[C@H]1CCOC[C@@H]1N. The molecule has 16 heavy (non-hydrogen) atoms. The van der Waals surface area contributed by atoms with Gasteiger partial charge in [-0.3, -0.25) is 0 Å². The summed E-state index contributed by atoms with van der Waals surface area (Å²) in [7, 11) is 0. The summed E-state index contributed by atoms with van der Waals surface area (Å²) in [5, 5.41) is 2.74. The highest BCUT2D eigenvalue weighted by atomic mass is 16.6.